The molecule has 0 saturated heterocycles. The van der Waals surface area contributed by atoms with Crippen molar-refractivity contribution < 1.29 is 8.78 Å². The Balaban J connectivity index is 2.28. The molecule has 106 valence electrons. The van der Waals surface area contributed by atoms with Gasteiger partial charge in [-0.1, -0.05) is 13.0 Å². The summed E-state index contributed by atoms with van der Waals surface area (Å²) in [5, 5.41) is 3.28. The van der Waals surface area contributed by atoms with Crippen LogP contribution < -0.4 is 5.32 Å². The Hall–Kier alpha value is -1.33. The van der Waals surface area contributed by atoms with Crippen LogP contribution in [0.1, 0.15) is 24.2 Å². The summed E-state index contributed by atoms with van der Waals surface area (Å²) < 4.78 is 27.6. The van der Waals surface area contributed by atoms with E-state index in [0.717, 1.165) is 22.8 Å². The molecule has 1 aromatic carbocycles. The number of nitrogens with one attached hydrogen (secondary N) is 1. The van der Waals surface area contributed by atoms with Gasteiger partial charge >= 0.3 is 0 Å². The van der Waals surface area contributed by atoms with Crippen LogP contribution in [0.2, 0.25) is 0 Å². The number of halogens is 3. The number of aromatic nitrogens is 1. The third-order valence-corrected chi connectivity index (χ3v) is 3.68. The van der Waals surface area contributed by atoms with Crippen LogP contribution in [-0.4, -0.2) is 11.5 Å². The minimum atomic E-state index is -0.565. The molecular weight excluding hydrogens is 326 g/mol. The second-order valence-electron chi connectivity index (χ2n) is 4.42. The fourth-order valence-corrected chi connectivity index (χ4v) is 2.60. The highest BCUT2D eigenvalue weighted by atomic mass is 79.9. The topological polar surface area (TPSA) is 24.9 Å². The molecule has 2 aromatic rings. The molecule has 20 heavy (non-hydrogen) atoms. The number of nitrogens with zero attached hydrogens (tertiary/aromatic N) is 1. The molecule has 0 radical (unpaired) electrons. The van der Waals surface area contributed by atoms with Crippen LogP contribution in [-0.2, 0) is 6.42 Å². The Morgan fingerprint density at radius 3 is 2.75 bits per heavy atom. The monoisotopic (exact) mass is 340 g/mol. The fraction of sp³-hybridized carbons (Fsp3) is 0.267. The zero-order valence-corrected chi connectivity index (χ0v) is 12.6. The van der Waals surface area contributed by atoms with Gasteiger partial charge in [0.1, 0.15) is 11.6 Å². The normalized spacial score (nSPS) is 12.4. The summed E-state index contributed by atoms with van der Waals surface area (Å²) in [5.41, 5.74) is 1.29. The van der Waals surface area contributed by atoms with E-state index in [2.05, 4.69) is 26.2 Å². The molecule has 1 atom stereocenters. The molecule has 2 rings (SSSR count). The van der Waals surface area contributed by atoms with Crippen molar-refractivity contribution in [3.05, 3.63) is 63.9 Å². The summed E-state index contributed by atoms with van der Waals surface area (Å²) in [6.07, 6.45) is 2.11. The zero-order valence-electron chi connectivity index (χ0n) is 11.0. The highest BCUT2D eigenvalue weighted by Crippen LogP contribution is 2.25. The summed E-state index contributed by atoms with van der Waals surface area (Å²) in [5.74, 6) is -1.09. The first-order valence-corrected chi connectivity index (χ1v) is 7.18. The van der Waals surface area contributed by atoms with Crippen molar-refractivity contribution in [2.24, 2.45) is 0 Å². The molecule has 5 heteroatoms. The number of benzene rings is 1. The molecule has 1 N–H and O–H groups in total. The second kappa shape index (κ2) is 6.90. The molecule has 1 aromatic heterocycles. The highest BCUT2D eigenvalue weighted by Gasteiger charge is 2.17. The van der Waals surface area contributed by atoms with Gasteiger partial charge in [0, 0.05) is 16.7 Å². The molecule has 0 aliphatic heterocycles. The van der Waals surface area contributed by atoms with Crippen molar-refractivity contribution in [3.8, 4) is 0 Å². The third-order valence-electron chi connectivity index (χ3n) is 3.01. The van der Waals surface area contributed by atoms with Crippen LogP contribution >= 0.6 is 15.9 Å². The first kappa shape index (κ1) is 15.1. The standard InChI is InChI=1S/C15H15BrF2N2/c1-2-19-14(15-12(16)4-3-7-20-15)8-10-5-6-11(17)9-13(10)18/h3-7,9,14,19H,2,8H2,1H3. The minimum Gasteiger partial charge on any atom is -0.309 e. The van der Waals surface area contributed by atoms with Gasteiger partial charge in [0.25, 0.3) is 0 Å². The predicted molar refractivity (Wildman–Crippen MR) is 78.4 cm³/mol. The molecule has 0 aliphatic carbocycles. The van der Waals surface area contributed by atoms with Crippen LogP contribution in [0.5, 0.6) is 0 Å². The molecule has 1 unspecified atom stereocenters. The van der Waals surface area contributed by atoms with E-state index in [1.165, 1.54) is 12.1 Å². The largest absolute Gasteiger partial charge is 0.309 e. The Morgan fingerprint density at radius 2 is 2.10 bits per heavy atom. The summed E-state index contributed by atoms with van der Waals surface area (Å²) >= 11 is 3.45. The summed E-state index contributed by atoms with van der Waals surface area (Å²) in [4.78, 5) is 4.33. The van der Waals surface area contributed by atoms with Gasteiger partial charge in [-0.2, -0.15) is 0 Å². The van der Waals surface area contributed by atoms with Crippen molar-refractivity contribution in [1.29, 1.82) is 0 Å². The Bertz CT molecular complexity index is 590. The van der Waals surface area contributed by atoms with Crippen LogP contribution in [0, 0.1) is 11.6 Å². The Morgan fingerprint density at radius 1 is 1.30 bits per heavy atom. The van der Waals surface area contributed by atoms with Crippen molar-refractivity contribution in [1.82, 2.24) is 10.3 Å². The number of hydrogen-bond donors (Lipinski definition) is 1. The van der Waals surface area contributed by atoms with Gasteiger partial charge in [0.05, 0.1) is 11.7 Å². The zero-order chi connectivity index (χ0) is 14.5. The molecule has 1 heterocycles. The average Bonchev–Trinajstić information content (AvgIpc) is 2.42. The maximum atomic E-state index is 13.8. The molecule has 0 spiro atoms. The predicted octanol–water partition coefficient (Wildman–Crippen LogP) is 4.02. The van der Waals surface area contributed by atoms with Gasteiger partial charge in [-0.15, -0.1) is 0 Å². The first-order valence-electron chi connectivity index (χ1n) is 6.39. The van der Waals surface area contributed by atoms with Crippen molar-refractivity contribution >= 4 is 15.9 Å². The van der Waals surface area contributed by atoms with Gasteiger partial charge in [-0.25, -0.2) is 8.78 Å². The van der Waals surface area contributed by atoms with E-state index < -0.39 is 11.6 Å². The lowest BCUT2D eigenvalue weighted by Gasteiger charge is -2.19. The lowest BCUT2D eigenvalue weighted by Crippen LogP contribution is -2.24. The lowest BCUT2D eigenvalue weighted by atomic mass is 10.0. The summed E-state index contributed by atoms with van der Waals surface area (Å²) in [7, 11) is 0. The second-order valence-corrected chi connectivity index (χ2v) is 5.27. The van der Waals surface area contributed by atoms with Crippen LogP contribution in [0.15, 0.2) is 41.0 Å². The maximum Gasteiger partial charge on any atom is 0.129 e. The van der Waals surface area contributed by atoms with Crippen LogP contribution in [0.3, 0.4) is 0 Å². The molecule has 2 nitrogen and oxygen atoms in total. The fourth-order valence-electron chi connectivity index (χ4n) is 2.07. The number of hydrogen-bond acceptors (Lipinski definition) is 2. The van der Waals surface area contributed by atoms with Gasteiger partial charge in [-0.05, 0) is 52.7 Å². The first-order chi connectivity index (χ1) is 9.61. The van der Waals surface area contributed by atoms with Crippen molar-refractivity contribution in [2.75, 3.05) is 6.54 Å². The lowest BCUT2D eigenvalue weighted by molar-refractivity contribution is 0.511. The summed E-state index contributed by atoms with van der Waals surface area (Å²) in [6.45, 7) is 2.71. The number of pyridine rings is 1. The molecule has 0 amide bonds. The van der Waals surface area contributed by atoms with Crippen molar-refractivity contribution in [3.63, 3.8) is 0 Å². The molecule has 0 aliphatic rings. The molecular formula is C15H15BrF2N2. The third kappa shape index (κ3) is 3.61. The minimum absolute atomic E-state index is 0.129. The highest BCUT2D eigenvalue weighted by molar-refractivity contribution is 9.10. The SMILES string of the molecule is CCNC(Cc1ccc(F)cc1F)c1ncccc1Br. The maximum absolute atomic E-state index is 13.8. The average molecular weight is 341 g/mol. The molecule has 0 bridgehead atoms. The molecule has 0 fully saturated rings. The smallest absolute Gasteiger partial charge is 0.129 e. The van der Waals surface area contributed by atoms with Crippen LogP contribution in [0.25, 0.3) is 0 Å². The van der Waals surface area contributed by atoms with E-state index >= 15 is 0 Å². The van der Waals surface area contributed by atoms with Gasteiger partial charge in [0.15, 0.2) is 0 Å². The number of rotatable bonds is 5. The Labute approximate surface area is 125 Å². The van der Waals surface area contributed by atoms with E-state index in [-0.39, 0.29) is 6.04 Å². The van der Waals surface area contributed by atoms with E-state index in [9.17, 15) is 8.78 Å². The molecule has 0 saturated carbocycles. The quantitative estimate of drug-likeness (QED) is 0.889. The van der Waals surface area contributed by atoms with E-state index in [4.69, 9.17) is 0 Å². The number of likely N-dealkylation sites (N-methyl/N-ethyl adjacent to an activating group) is 1. The Kier molecular flexibility index (Phi) is 5.20. The summed E-state index contributed by atoms with van der Waals surface area (Å²) in [6, 6.07) is 7.26. The van der Waals surface area contributed by atoms with E-state index in [1.54, 1.807) is 6.20 Å². The van der Waals surface area contributed by atoms with E-state index in [1.807, 2.05) is 19.1 Å². The van der Waals surface area contributed by atoms with Gasteiger partial charge in [-0.3, -0.25) is 4.98 Å². The van der Waals surface area contributed by atoms with E-state index in [0.29, 0.717) is 12.0 Å². The van der Waals surface area contributed by atoms with Gasteiger partial charge < -0.3 is 5.32 Å². The van der Waals surface area contributed by atoms with Crippen molar-refractivity contribution in [2.45, 2.75) is 19.4 Å². The van der Waals surface area contributed by atoms with Gasteiger partial charge in [0.2, 0.25) is 0 Å². The van der Waals surface area contributed by atoms with Crippen LogP contribution in [0.4, 0.5) is 8.78 Å².